The minimum absolute atomic E-state index is 0.496. The van der Waals surface area contributed by atoms with E-state index in [9.17, 15) is 0 Å². The summed E-state index contributed by atoms with van der Waals surface area (Å²) in [5.41, 5.74) is 3.95. The molecule has 3 nitrogen and oxygen atoms in total. The molecule has 0 fully saturated rings. The van der Waals surface area contributed by atoms with Gasteiger partial charge < -0.3 is 14.6 Å². The number of benzene rings is 1. The molecular weight excluding hydrogens is 224 g/mol. The summed E-state index contributed by atoms with van der Waals surface area (Å²) in [7, 11) is 5.84. The van der Waals surface area contributed by atoms with Crippen molar-refractivity contribution in [2.45, 2.75) is 26.3 Å². The Morgan fingerprint density at radius 1 is 1.33 bits per heavy atom. The largest absolute Gasteiger partial charge is 0.495 e. The number of aryl methyl sites for hydroxylation is 1. The van der Waals surface area contributed by atoms with Gasteiger partial charge in [0.1, 0.15) is 5.75 Å². The van der Waals surface area contributed by atoms with E-state index in [2.05, 4.69) is 42.9 Å². The SMILES string of the molecule is CNCc1c(C(C)C)n(C)c2c(OC)cccc12. The Balaban J connectivity index is 2.82. The molecule has 2 aromatic rings. The lowest BCUT2D eigenvalue weighted by Gasteiger charge is -2.11. The molecule has 1 N–H and O–H groups in total. The average Bonchev–Trinajstić information content (AvgIpc) is 2.63. The molecule has 1 heterocycles. The van der Waals surface area contributed by atoms with Crippen molar-refractivity contribution in [1.82, 2.24) is 9.88 Å². The number of hydrogen-bond acceptors (Lipinski definition) is 2. The van der Waals surface area contributed by atoms with Crippen LogP contribution in [0.5, 0.6) is 5.75 Å². The molecule has 18 heavy (non-hydrogen) atoms. The Hall–Kier alpha value is -1.48. The normalized spacial score (nSPS) is 11.4. The van der Waals surface area contributed by atoms with Crippen LogP contribution in [0.1, 0.15) is 31.0 Å². The Kier molecular flexibility index (Phi) is 3.62. The molecule has 98 valence electrons. The maximum atomic E-state index is 5.49. The maximum absolute atomic E-state index is 5.49. The van der Waals surface area contributed by atoms with E-state index in [0.29, 0.717) is 5.92 Å². The highest BCUT2D eigenvalue weighted by molar-refractivity contribution is 5.90. The molecule has 0 atom stereocenters. The molecule has 0 saturated heterocycles. The first-order chi connectivity index (χ1) is 8.61. The van der Waals surface area contributed by atoms with Crippen molar-refractivity contribution in [3.05, 3.63) is 29.5 Å². The predicted molar refractivity (Wildman–Crippen MR) is 76.3 cm³/mol. The van der Waals surface area contributed by atoms with Crippen molar-refractivity contribution < 1.29 is 4.74 Å². The molecule has 1 aromatic heterocycles. The van der Waals surface area contributed by atoms with Crippen molar-refractivity contribution in [2.75, 3.05) is 14.2 Å². The molecular formula is C15H22N2O. The number of hydrogen-bond donors (Lipinski definition) is 1. The molecule has 3 heteroatoms. The predicted octanol–water partition coefficient (Wildman–Crippen LogP) is 3.03. The molecule has 0 aliphatic rings. The van der Waals surface area contributed by atoms with Crippen molar-refractivity contribution >= 4 is 10.9 Å². The lowest BCUT2D eigenvalue weighted by atomic mass is 10.0. The number of nitrogens with zero attached hydrogens (tertiary/aromatic N) is 1. The quantitative estimate of drug-likeness (QED) is 0.897. The Morgan fingerprint density at radius 2 is 2.06 bits per heavy atom. The number of ether oxygens (including phenoxy) is 1. The molecule has 0 amide bonds. The number of fused-ring (bicyclic) bond motifs is 1. The van der Waals surface area contributed by atoms with E-state index in [1.807, 2.05) is 13.1 Å². The number of rotatable bonds is 4. The second-order valence-electron chi connectivity index (χ2n) is 4.96. The summed E-state index contributed by atoms with van der Waals surface area (Å²) >= 11 is 0. The van der Waals surface area contributed by atoms with Crippen LogP contribution in [0.2, 0.25) is 0 Å². The van der Waals surface area contributed by atoms with E-state index < -0.39 is 0 Å². The van der Waals surface area contributed by atoms with Gasteiger partial charge in [0, 0.05) is 24.7 Å². The smallest absolute Gasteiger partial charge is 0.143 e. The topological polar surface area (TPSA) is 26.2 Å². The first kappa shape index (κ1) is 13.0. The molecule has 0 aliphatic carbocycles. The number of aromatic nitrogens is 1. The fourth-order valence-electron chi connectivity index (χ4n) is 2.84. The molecule has 0 aliphatic heterocycles. The van der Waals surface area contributed by atoms with Crippen molar-refractivity contribution in [3.8, 4) is 5.75 Å². The van der Waals surface area contributed by atoms with Crippen LogP contribution in [0.25, 0.3) is 10.9 Å². The fourth-order valence-corrected chi connectivity index (χ4v) is 2.84. The molecule has 1 aromatic carbocycles. The third-order valence-corrected chi connectivity index (χ3v) is 3.45. The maximum Gasteiger partial charge on any atom is 0.143 e. The standard InChI is InChI=1S/C15H22N2O/c1-10(2)14-12(9-16-3)11-7-6-8-13(18-5)15(11)17(14)4/h6-8,10,16H,9H2,1-5H3. The van der Waals surface area contributed by atoms with Gasteiger partial charge in [-0.25, -0.2) is 0 Å². The van der Waals surface area contributed by atoms with E-state index in [-0.39, 0.29) is 0 Å². The third-order valence-electron chi connectivity index (χ3n) is 3.45. The first-order valence-corrected chi connectivity index (χ1v) is 6.40. The summed E-state index contributed by atoms with van der Waals surface area (Å²) in [5, 5.41) is 4.56. The lowest BCUT2D eigenvalue weighted by molar-refractivity contribution is 0.417. The van der Waals surface area contributed by atoms with Gasteiger partial charge in [-0.3, -0.25) is 0 Å². The fraction of sp³-hybridized carbons (Fsp3) is 0.467. The van der Waals surface area contributed by atoms with Crippen molar-refractivity contribution in [3.63, 3.8) is 0 Å². The number of para-hydroxylation sites is 1. The minimum Gasteiger partial charge on any atom is -0.495 e. The first-order valence-electron chi connectivity index (χ1n) is 6.40. The zero-order valence-corrected chi connectivity index (χ0v) is 11.9. The highest BCUT2D eigenvalue weighted by Gasteiger charge is 2.19. The van der Waals surface area contributed by atoms with Gasteiger partial charge in [-0.15, -0.1) is 0 Å². The summed E-state index contributed by atoms with van der Waals surface area (Å²) in [6.45, 7) is 5.36. The highest BCUT2D eigenvalue weighted by Crippen LogP contribution is 2.35. The van der Waals surface area contributed by atoms with Gasteiger partial charge in [0.05, 0.1) is 12.6 Å². The van der Waals surface area contributed by atoms with Crippen LogP contribution in [-0.2, 0) is 13.6 Å². The Labute approximate surface area is 109 Å². The van der Waals surface area contributed by atoms with Gasteiger partial charge in [0.2, 0.25) is 0 Å². The summed E-state index contributed by atoms with van der Waals surface area (Å²) in [6, 6.07) is 6.26. The third kappa shape index (κ3) is 1.89. The summed E-state index contributed by atoms with van der Waals surface area (Å²) < 4.78 is 7.76. The van der Waals surface area contributed by atoms with Crippen LogP contribution in [0, 0.1) is 0 Å². The molecule has 2 rings (SSSR count). The zero-order chi connectivity index (χ0) is 13.3. The van der Waals surface area contributed by atoms with Crippen LogP contribution in [0.4, 0.5) is 0 Å². The summed E-state index contributed by atoms with van der Waals surface area (Å²) in [5.74, 6) is 1.44. The van der Waals surface area contributed by atoms with Gasteiger partial charge in [0.15, 0.2) is 0 Å². The van der Waals surface area contributed by atoms with E-state index in [1.165, 1.54) is 22.2 Å². The van der Waals surface area contributed by atoms with Gasteiger partial charge in [-0.05, 0) is 24.6 Å². The molecule has 0 bridgehead atoms. The van der Waals surface area contributed by atoms with Gasteiger partial charge in [-0.1, -0.05) is 26.0 Å². The molecule has 0 saturated carbocycles. The van der Waals surface area contributed by atoms with Crippen molar-refractivity contribution in [1.29, 1.82) is 0 Å². The van der Waals surface area contributed by atoms with Crippen LogP contribution in [0.15, 0.2) is 18.2 Å². The minimum atomic E-state index is 0.496. The van der Waals surface area contributed by atoms with E-state index in [4.69, 9.17) is 4.74 Å². The van der Waals surface area contributed by atoms with Crippen LogP contribution < -0.4 is 10.1 Å². The Bertz CT molecular complexity index is 555. The summed E-state index contributed by atoms with van der Waals surface area (Å²) in [6.07, 6.45) is 0. The second-order valence-corrected chi connectivity index (χ2v) is 4.96. The highest BCUT2D eigenvalue weighted by atomic mass is 16.5. The molecule has 0 spiro atoms. The van der Waals surface area contributed by atoms with E-state index in [1.54, 1.807) is 7.11 Å². The molecule has 0 radical (unpaired) electrons. The van der Waals surface area contributed by atoms with Crippen LogP contribution in [-0.4, -0.2) is 18.7 Å². The Morgan fingerprint density at radius 3 is 2.61 bits per heavy atom. The lowest BCUT2D eigenvalue weighted by Crippen LogP contribution is -2.09. The number of nitrogens with one attached hydrogen (secondary N) is 1. The van der Waals surface area contributed by atoms with Gasteiger partial charge in [-0.2, -0.15) is 0 Å². The molecule has 0 unspecified atom stereocenters. The van der Waals surface area contributed by atoms with Crippen molar-refractivity contribution in [2.24, 2.45) is 7.05 Å². The number of methoxy groups -OCH3 is 1. The zero-order valence-electron chi connectivity index (χ0n) is 11.9. The van der Waals surface area contributed by atoms with E-state index >= 15 is 0 Å². The van der Waals surface area contributed by atoms with Crippen LogP contribution >= 0.6 is 0 Å². The monoisotopic (exact) mass is 246 g/mol. The van der Waals surface area contributed by atoms with Crippen LogP contribution in [0.3, 0.4) is 0 Å². The van der Waals surface area contributed by atoms with Gasteiger partial charge >= 0.3 is 0 Å². The summed E-state index contributed by atoms with van der Waals surface area (Å²) in [4.78, 5) is 0. The average molecular weight is 246 g/mol. The van der Waals surface area contributed by atoms with Gasteiger partial charge in [0.25, 0.3) is 0 Å². The second kappa shape index (κ2) is 5.02. The van der Waals surface area contributed by atoms with E-state index in [0.717, 1.165) is 12.3 Å².